The van der Waals surface area contributed by atoms with Crippen molar-refractivity contribution < 1.29 is 9.59 Å². The highest BCUT2D eigenvalue weighted by molar-refractivity contribution is 6.39. The van der Waals surface area contributed by atoms with E-state index in [0.29, 0.717) is 5.69 Å². The number of hydrogen-bond acceptors (Lipinski definition) is 2. The van der Waals surface area contributed by atoms with Gasteiger partial charge in [0.1, 0.15) is 0 Å². The van der Waals surface area contributed by atoms with E-state index >= 15 is 0 Å². The fraction of sp³-hybridized carbons (Fsp3) is 0.529. The molecule has 1 heterocycles. The third-order valence-corrected chi connectivity index (χ3v) is 4.10. The zero-order valence-corrected chi connectivity index (χ0v) is 13.3. The number of likely N-dealkylation sites (tertiary alicyclic amines) is 1. The van der Waals surface area contributed by atoms with Gasteiger partial charge in [0, 0.05) is 17.8 Å². The molecule has 0 radical (unpaired) electrons. The van der Waals surface area contributed by atoms with Crippen molar-refractivity contribution >= 4 is 17.5 Å². The molecule has 0 bridgehead atoms. The van der Waals surface area contributed by atoms with Gasteiger partial charge in [-0.1, -0.05) is 6.07 Å². The molecule has 2 atom stereocenters. The van der Waals surface area contributed by atoms with Crippen molar-refractivity contribution in [3.05, 3.63) is 29.3 Å². The molecule has 0 aliphatic carbocycles. The average molecular weight is 288 g/mol. The Labute approximate surface area is 126 Å². The number of carbonyl (C=O) groups excluding carboxylic acids is 2. The van der Waals surface area contributed by atoms with Crippen molar-refractivity contribution in [1.82, 2.24) is 4.90 Å². The van der Waals surface area contributed by atoms with Crippen molar-refractivity contribution in [2.75, 3.05) is 5.32 Å². The van der Waals surface area contributed by atoms with Crippen molar-refractivity contribution in [3.63, 3.8) is 0 Å². The first kappa shape index (κ1) is 15.5. The molecule has 2 rings (SSSR count). The van der Waals surface area contributed by atoms with Crippen LogP contribution in [0.2, 0.25) is 0 Å². The van der Waals surface area contributed by atoms with E-state index in [-0.39, 0.29) is 12.1 Å². The van der Waals surface area contributed by atoms with Crippen LogP contribution in [0.15, 0.2) is 18.2 Å². The molecular weight excluding hydrogens is 264 g/mol. The van der Waals surface area contributed by atoms with Crippen LogP contribution in [0.3, 0.4) is 0 Å². The van der Waals surface area contributed by atoms with Crippen molar-refractivity contribution in [3.8, 4) is 0 Å². The Morgan fingerprint density at radius 3 is 2.10 bits per heavy atom. The maximum atomic E-state index is 12.4. The van der Waals surface area contributed by atoms with Crippen molar-refractivity contribution in [2.45, 2.75) is 59.0 Å². The number of amides is 2. The van der Waals surface area contributed by atoms with Crippen LogP contribution in [0.5, 0.6) is 0 Å². The standard InChI is InChI=1S/C17H24N2O2/c1-11-8-12(2)10-15(9-11)18-16(20)17(21)19-13(3)6-5-7-14(19)4/h8-10,13-14H,5-7H2,1-4H3,(H,18,20). The molecule has 0 aromatic heterocycles. The molecule has 21 heavy (non-hydrogen) atoms. The largest absolute Gasteiger partial charge is 0.329 e. The Balaban J connectivity index is 2.10. The first-order chi connectivity index (χ1) is 9.88. The zero-order valence-electron chi connectivity index (χ0n) is 13.3. The van der Waals surface area contributed by atoms with Gasteiger partial charge in [-0.2, -0.15) is 0 Å². The van der Waals surface area contributed by atoms with E-state index in [4.69, 9.17) is 0 Å². The van der Waals surface area contributed by atoms with Crippen LogP contribution in [0.25, 0.3) is 0 Å². The summed E-state index contributed by atoms with van der Waals surface area (Å²) < 4.78 is 0. The number of hydrogen-bond donors (Lipinski definition) is 1. The molecule has 1 aliphatic heterocycles. The third-order valence-electron chi connectivity index (χ3n) is 4.10. The van der Waals surface area contributed by atoms with E-state index in [1.54, 1.807) is 4.90 Å². The van der Waals surface area contributed by atoms with E-state index in [2.05, 4.69) is 5.32 Å². The van der Waals surface area contributed by atoms with Gasteiger partial charge in [0.2, 0.25) is 0 Å². The third kappa shape index (κ3) is 3.63. The normalized spacial score (nSPS) is 22.0. The van der Waals surface area contributed by atoms with E-state index in [1.165, 1.54) is 0 Å². The topological polar surface area (TPSA) is 49.4 Å². The van der Waals surface area contributed by atoms with Crippen LogP contribution in [0.4, 0.5) is 5.69 Å². The number of carbonyl (C=O) groups is 2. The number of nitrogens with zero attached hydrogens (tertiary/aromatic N) is 1. The smallest absolute Gasteiger partial charge is 0.313 e. The van der Waals surface area contributed by atoms with Gasteiger partial charge in [0.05, 0.1) is 0 Å². The molecule has 0 saturated carbocycles. The molecule has 2 unspecified atom stereocenters. The molecule has 1 N–H and O–H groups in total. The van der Waals surface area contributed by atoms with Crippen LogP contribution in [-0.4, -0.2) is 28.8 Å². The minimum Gasteiger partial charge on any atom is -0.329 e. The Kier molecular flexibility index (Phi) is 4.66. The molecule has 4 nitrogen and oxygen atoms in total. The predicted molar refractivity (Wildman–Crippen MR) is 84.2 cm³/mol. The molecule has 2 amide bonds. The first-order valence-electron chi connectivity index (χ1n) is 7.60. The van der Waals surface area contributed by atoms with Gasteiger partial charge in [0.15, 0.2) is 0 Å². The maximum absolute atomic E-state index is 12.4. The average Bonchev–Trinajstić information content (AvgIpc) is 2.36. The van der Waals surface area contributed by atoms with Gasteiger partial charge < -0.3 is 10.2 Å². The second kappa shape index (κ2) is 6.29. The van der Waals surface area contributed by atoms with E-state index in [0.717, 1.165) is 30.4 Å². The fourth-order valence-corrected chi connectivity index (χ4v) is 3.17. The zero-order chi connectivity index (χ0) is 15.6. The van der Waals surface area contributed by atoms with Gasteiger partial charge in [-0.3, -0.25) is 9.59 Å². The lowest BCUT2D eigenvalue weighted by Crippen LogP contribution is -2.51. The summed E-state index contributed by atoms with van der Waals surface area (Å²) >= 11 is 0. The lowest BCUT2D eigenvalue weighted by molar-refractivity contribution is -0.147. The van der Waals surface area contributed by atoms with Crippen LogP contribution in [0.1, 0.15) is 44.2 Å². The minimum absolute atomic E-state index is 0.131. The van der Waals surface area contributed by atoms with Gasteiger partial charge in [-0.25, -0.2) is 0 Å². The van der Waals surface area contributed by atoms with Crippen LogP contribution in [0, 0.1) is 13.8 Å². The summed E-state index contributed by atoms with van der Waals surface area (Å²) in [5.74, 6) is -0.963. The Morgan fingerprint density at radius 2 is 1.57 bits per heavy atom. The summed E-state index contributed by atoms with van der Waals surface area (Å²) in [4.78, 5) is 26.4. The minimum atomic E-state index is -0.541. The highest BCUT2D eigenvalue weighted by Crippen LogP contribution is 2.23. The highest BCUT2D eigenvalue weighted by Gasteiger charge is 2.32. The van der Waals surface area contributed by atoms with Crippen LogP contribution in [-0.2, 0) is 9.59 Å². The quantitative estimate of drug-likeness (QED) is 0.808. The monoisotopic (exact) mass is 288 g/mol. The number of piperidine rings is 1. The Bertz CT molecular complexity index is 523. The predicted octanol–water partition coefficient (Wildman–Crippen LogP) is 3.03. The number of aryl methyl sites for hydroxylation is 2. The van der Waals surface area contributed by atoms with Crippen molar-refractivity contribution in [2.24, 2.45) is 0 Å². The number of rotatable bonds is 1. The van der Waals surface area contributed by atoms with Gasteiger partial charge >= 0.3 is 11.8 Å². The Morgan fingerprint density at radius 1 is 1.05 bits per heavy atom. The Hall–Kier alpha value is -1.84. The SMILES string of the molecule is Cc1cc(C)cc(NC(=O)C(=O)N2C(C)CCCC2C)c1. The first-order valence-corrected chi connectivity index (χ1v) is 7.60. The van der Waals surface area contributed by atoms with E-state index in [9.17, 15) is 9.59 Å². The lowest BCUT2D eigenvalue weighted by Gasteiger charge is -2.38. The molecule has 4 heteroatoms. The van der Waals surface area contributed by atoms with Crippen LogP contribution < -0.4 is 5.32 Å². The summed E-state index contributed by atoms with van der Waals surface area (Å²) in [6, 6.07) is 6.05. The summed E-state index contributed by atoms with van der Waals surface area (Å²) in [6.07, 6.45) is 3.05. The number of nitrogens with one attached hydrogen (secondary N) is 1. The summed E-state index contributed by atoms with van der Waals surface area (Å²) in [7, 11) is 0. The maximum Gasteiger partial charge on any atom is 0.313 e. The molecule has 1 fully saturated rings. The molecular formula is C17H24N2O2. The van der Waals surface area contributed by atoms with E-state index < -0.39 is 11.8 Å². The van der Waals surface area contributed by atoms with E-state index in [1.807, 2.05) is 45.9 Å². The summed E-state index contributed by atoms with van der Waals surface area (Å²) in [5, 5.41) is 2.73. The van der Waals surface area contributed by atoms with Gasteiger partial charge in [0.25, 0.3) is 0 Å². The highest BCUT2D eigenvalue weighted by atomic mass is 16.2. The molecule has 1 aliphatic rings. The fourth-order valence-electron chi connectivity index (χ4n) is 3.17. The summed E-state index contributed by atoms with van der Waals surface area (Å²) in [5.41, 5.74) is 2.82. The molecule has 1 aromatic carbocycles. The van der Waals surface area contributed by atoms with Crippen LogP contribution >= 0.6 is 0 Å². The molecule has 1 aromatic rings. The van der Waals surface area contributed by atoms with Gasteiger partial charge in [-0.05, 0) is 70.2 Å². The summed E-state index contributed by atoms with van der Waals surface area (Å²) in [6.45, 7) is 7.97. The lowest BCUT2D eigenvalue weighted by atomic mass is 9.97. The van der Waals surface area contributed by atoms with Crippen molar-refractivity contribution in [1.29, 1.82) is 0 Å². The number of benzene rings is 1. The second-order valence-electron chi connectivity index (χ2n) is 6.17. The second-order valence-corrected chi connectivity index (χ2v) is 6.17. The molecule has 1 saturated heterocycles. The molecule has 0 spiro atoms. The molecule has 114 valence electrons. The number of anilines is 1. The van der Waals surface area contributed by atoms with Gasteiger partial charge in [-0.15, -0.1) is 0 Å².